The van der Waals surface area contributed by atoms with Gasteiger partial charge in [-0.25, -0.2) is 9.31 Å². The zero-order valence-electron chi connectivity index (χ0n) is 20.0. The number of carbonyl (C=O) groups excluding carboxylic acids is 3. The van der Waals surface area contributed by atoms with Crippen molar-refractivity contribution >= 4 is 51.9 Å². The molecule has 0 spiro atoms. The summed E-state index contributed by atoms with van der Waals surface area (Å²) in [7, 11) is 1.61. The van der Waals surface area contributed by atoms with Crippen LogP contribution >= 0.6 is 22.9 Å². The summed E-state index contributed by atoms with van der Waals surface area (Å²) in [5.74, 6) is -1.40. The zero-order chi connectivity index (χ0) is 26.8. The van der Waals surface area contributed by atoms with Crippen LogP contribution in [-0.4, -0.2) is 39.4 Å². The number of nitrogens with two attached hydrogens (primary N) is 1. The summed E-state index contributed by atoms with van der Waals surface area (Å²) in [6.07, 6.45) is 5.01. The highest BCUT2D eigenvalue weighted by molar-refractivity contribution is 7.09. The lowest BCUT2D eigenvalue weighted by molar-refractivity contribution is 0.0476. The van der Waals surface area contributed by atoms with Gasteiger partial charge < -0.3 is 15.4 Å². The molecule has 2 aromatic carbocycles. The number of hydrogen-bond acceptors (Lipinski definition) is 7. The van der Waals surface area contributed by atoms with Crippen molar-refractivity contribution in [1.82, 2.24) is 14.6 Å². The van der Waals surface area contributed by atoms with Crippen LogP contribution in [0.25, 0.3) is 16.6 Å². The molecule has 0 aliphatic heterocycles. The molecule has 0 aliphatic carbocycles. The Balaban J connectivity index is 1.40. The van der Waals surface area contributed by atoms with Crippen molar-refractivity contribution in [2.45, 2.75) is 6.61 Å². The number of esters is 1. The molecule has 0 atom stereocenters. The van der Waals surface area contributed by atoms with Gasteiger partial charge in [-0.3, -0.25) is 14.6 Å². The highest BCUT2D eigenvalue weighted by atomic mass is 35.5. The van der Waals surface area contributed by atoms with Crippen molar-refractivity contribution in [3.8, 4) is 11.1 Å². The number of hydrogen-bond donors (Lipinski definition) is 1. The minimum atomic E-state index is -0.598. The van der Waals surface area contributed by atoms with Gasteiger partial charge in [0.1, 0.15) is 6.61 Å². The van der Waals surface area contributed by atoms with Crippen LogP contribution in [0.1, 0.15) is 36.0 Å². The summed E-state index contributed by atoms with van der Waals surface area (Å²) in [5, 5.41) is 4.58. The van der Waals surface area contributed by atoms with Crippen LogP contribution in [0.4, 0.5) is 5.69 Å². The second kappa shape index (κ2) is 10.4. The Kier molecular flexibility index (Phi) is 6.91. The summed E-state index contributed by atoms with van der Waals surface area (Å²) < 4.78 is 7.02. The fourth-order valence-corrected chi connectivity index (χ4v) is 4.57. The molecule has 0 fully saturated rings. The van der Waals surface area contributed by atoms with Crippen molar-refractivity contribution in [3.05, 3.63) is 105 Å². The van der Waals surface area contributed by atoms with Crippen LogP contribution in [0.3, 0.4) is 0 Å². The number of carbonyl (C=O) groups is 3. The van der Waals surface area contributed by atoms with Gasteiger partial charge in [0.25, 0.3) is 5.91 Å². The number of rotatable bonds is 7. The number of halogens is 1. The molecule has 0 saturated heterocycles. The summed E-state index contributed by atoms with van der Waals surface area (Å²) in [6.45, 7) is 0.0811. The molecule has 11 heteroatoms. The van der Waals surface area contributed by atoms with Gasteiger partial charge in [-0.2, -0.15) is 5.10 Å². The molecule has 5 aromatic rings. The fourth-order valence-electron chi connectivity index (χ4n) is 3.87. The second-order valence-corrected chi connectivity index (χ2v) is 9.70. The number of benzene rings is 2. The topological polar surface area (TPSA) is 120 Å². The number of ether oxygens (including phenoxy) is 1. The Bertz CT molecular complexity index is 1670. The van der Waals surface area contributed by atoms with Crippen LogP contribution in [0.5, 0.6) is 0 Å². The van der Waals surface area contributed by atoms with E-state index in [2.05, 4.69) is 10.1 Å². The third-order valence-corrected chi connectivity index (χ3v) is 7.02. The number of nitrogens with zero attached hydrogens (tertiary/aromatic N) is 4. The van der Waals surface area contributed by atoms with Crippen molar-refractivity contribution < 1.29 is 19.1 Å². The first-order valence-electron chi connectivity index (χ1n) is 11.3. The quantitative estimate of drug-likeness (QED) is 0.292. The van der Waals surface area contributed by atoms with Gasteiger partial charge in [-0.1, -0.05) is 23.7 Å². The largest absolute Gasteiger partial charge is 0.456 e. The lowest BCUT2D eigenvalue weighted by Crippen LogP contribution is -2.26. The van der Waals surface area contributed by atoms with E-state index in [0.717, 1.165) is 16.0 Å². The average molecular weight is 546 g/mol. The Labute approximate surface area is 226 Å². The summed E-state index contributed by atoms with van der Waals surface area (Å²) in [6, 6.07) is 15.0. The van der Waals surface area contributed by atoms with Gasteiger partial charge in [0.05, 0.1) is 32.7 Å². The molecule has 2 N–H and O–H groups in total. The number of fused-ring (bicyclic) bond motifs is 1. The minimum absolute atomic E-state index is 0.0811. The van der Waals surface area contributed by atoms with Gasteiger partial charge in [0.2, 0.25) is 5.91 Å². The van der Waals surface area contributed by atoms with E-state index in [1.165, 1.54) is 22.3 Å². The van der Waals surface area contributed by atoms with Crippen LogP contribution in [0.15, 0.2) is 78.7 Å². The van der Waals surface area contributed by atoms with Crippen molar-refractivity contribution in [1.29, 1.82) is 0 Å². The Morgan fingerprint density at radius 1 is 1.05 bits per heavy atom. The van der Waals surface area contributed by atoms with E-state index in [1.807, 2.05) is 0 Å². The highest BCUT2D eigenvalue weighted by Gasteiger charge is 2.20. The maximum Gasteiger partial charge on any atom is 0.340 e. The number of aromatic nitrogens is 3. The fraction of sp³-hybridized carbons (Fsp3) is 0.0741. The van der Waals surface area contributed by atoms with E-state index in [1.54, 1.807) is 84.2 Å². The molecular weight excluding hydrogens is 526 g/mol. The van der Waals surface area contributed by atoms with Gasteiger partial charge in [-0.15, -0.1) is 11.3 Å². The van der Waals surface area contributed by atoms with Crippen LogP contribution < -0.4 is 10.6 Å². The van der Waals surface area contributed by atoms with Gasteiger partial charge >= 0.3 is 5.97 Å². The molecule has 0 saturated carbocycles. The molecule has 38 heavy (non-hydrogen) atoms. The summed E-state index contributed by atoms with van der Waals surface area (Å²) in [5.41, 5.74) is 10.8. The molecule has 0 unspecified atom stereocenters. The smallest absolute Gasteiger partial charge is 0.340 e. The van der Waals surface area contributed by atoms with E-state index in [9.17, 15) is 14.4 Å². The van der Waals surface area contributed by atoms with Gasteiger partial charge in [0.15, 0.2) is 0 Å². The molecule has 2 amide bonds. The molecule has 3 aromatic heterocycles. The lowest BCUT2D eigenvalue weighted by Gasteiger charge is -2.19. The van der Waals surface area contributed by atoms with E-state index >= 15 is 0 Å². The maximum atomic E-state index is 13.4. The first kappa shape index (κ1) is 25.1. The monoisotopic (exact) mass is 545 g/mol. The van der Waals surface area contributed by atoms with Gasteiger partial charge in [0, 0.05) is 41.8 Å². The standard InChI is InChI=1S/C27H20ClN5O4S/c1-32(19-6-7-23(28)21(11-19)27(36)37-14-20-12-30-15-38-20)26(35)18-8-9-33-24(10-18)22(13-31-33)16-2-4-17(5-3-16)25(29)34/h2-13,15H,14H2,1H3,(H2,29,34). The number of primary amides is 1. The van der Waals surface area contributed by atoms with Crippen molar-refractivity contribution in [2.24, 2.45) is 5.73 Å². The third kappa shape index (κ3) is 4.99. The molecule has 0 aliphatic rings. The summed E-state index contributed by atoms with van der Waals surface area (Å²) in [4.78, 5) is 43.7. The highest BCUT2D eigenvalue weighted by Crippen LogP contribution is 2.28. The predicted octanol–water partition coefficient (Wildman–Crippen LogP) is 4.84. The van der Waals surface area contributed by atoms with E-state index in [-0.39, 0.29) is 23.1 Å². The number of anilines is 1. The van der Waals surface area contributed by atoms with E-state index < -0.39 is 11.9 Å². The molecular formula is C27H20ClN5O4S. The molecule has 0 radical (unpaired) electrons. The third-order valence-electron chi connectivity index (χ3n) is 5.94. The Morgan fingerprint density at radius 3 is 2.55 bits per heavy atom. The van der Waals surface area contributed by atoms with Crippen LogP contribution in [0.2, 0.25) is 5.02 Å². The predicted molar refractivity (Wildman–Crippen MR) is 145 cm³/mol. The first-order valence-corrected chi connectivity index (χ1v) is 12.6. The number of pyridine rings is 1. The second-order valence-electron chi connectivity index (χ2n) is 8.32. The van der Waals surface area contributed by atoms with Gasteiger partial charge in [-0.05, 0) is 48.0 Å². The molecule has 5 rings (SSSR count). The lowest BCUT2D eigenvalue weighted by atomic mass is 10.0. The van der Waals surface area contributed by atoms with Crippen LogP contribution in [-0.2, 0) is 11.3 Å². The van der Waals surface area contributed by atoms with Crippen molar-refractivity contribution in [3.63, 3.8) is 0 Å². The molecule has 190 valence electrons. The normalized spacial score (nSPS) is 10.9. The van der Waals surface area contributed by atoms with E-state index in [0.29, 0.717) is 22.3 Å². The van der Waals surface area contributed by atoms with Crippen molar-refractivity contribution in [2.75, 3.05) is 11.9 Å². The molecule has 9 nitrogen and oxygen atoms in total. The van der Waals surface area contributed by atoms with Crippen LogP contribution in [0, 0.1) is 0 Å². The molecule has 3 heterocycles. The SMILES string of the molecule is CN(C(=O)c1ccn2ncc(-c3ccc(C(N)=O)cc3)c2c1)c1ccc(Cl)c(C(=O)OCc2cncs2)c1. The zero-order valence-corrected chi connectivity index (χ0v) is 21.6. The average Bonchev–Trinajstić information content (AvgIpc) is 3.61. The van der Waals surface area contributed by atoms with E-state index in [4.69, 9.17) is 22.1 Å². The Hall–Kier alpha value is -4.54. The first-order chi connectivity index (χ1) is 18.3. The minimum Gasteiger partial charge on any atom is -0.456 e. The maximum absolute atomic E-state index is 13.4. The number of thiazole rings is 1. The Morgan fingerprint density at radius 2 is 1.84 bits per heavy atom. The molecule has 0 bridgehead atoms. The summed E-state index contributed by atoms with van der Waals surface area (Å²) >= 11 is 7.64. The number of amides is 2.